The number of nitrogens with two attached hydrogens (primary N) is 1. The average Bonchev–Trinajstić information content (AvgIpc) is 2.83. The number of allylic oxidation sites excluding steroid dienone is 1. The van der Waals surface area contributed by atoms with Gasteiger partial charge in [0.15, 0.2) is 0 Å². The van der Waals surface area contributed by atoms with Gasteiger partial charge in [0, 0.05) is 11.6 Å². The number of carbonyl (C=O) groups is 1. The molecule has 0 saturated heterocycles. The zero-order valence-electron chi connectivity index (χ0n) is 24.0. The van der Waals surface area contributed by atoms with E-state index in [9.17, 15) is 4.79 Å². The predicted octanol–water partition coefficient (Wildman–Crippen LogP) is 10.2. The van der Waals surface area contributed by atoms with Crippen molar-refractivity contribution in [1.29, 1.82) is 0 Å². The van der Waals surface area contributed by atoms with Crippen LogP contribution in [0.25, 0.3) is 0 Å². The number of unbranched alkanes of at least 4 members (excludes halogenated alkanes) is 12. The van der Waals surface area contributed by atoms with Crippen molar-refractivity contribution < 1.29 is 9.90 Å². The van der Waals surface area contributed by atoms with Crippen molar-refractivity contribution in [1.82, 2.24) is 0 Å². The van der Waals surface area contributed by atoms with Gasteiger partial charge >= 0.3 is 5.97 Å². The van der Waals surface area contributed by atoms with E-state index >= 15 is 0 Å². The van der Waals surface area contributed by atoms with Crippen LogP contribution in [0, 0.1) is 5.92 Å². The molecule has 0 aliphatic rings. The van der Waals surface area contributed by atoms with Crippen LogP contribution in [0.1, 0.15) is 169 Å². The molecular weight excluding hydrogens is 418 g/mol. The van der Waals surface area contributed by atoms with Crippen molar-refractivity contribution in [3.8, 4) is 0 Å². The van der Waals surface area contributed by atoms with Gasteiger partial charge in [-0.05, 0) is 44.4 Å². The first-order chi connectivity index (χ1) is 16.4. The Kier molecular flexibility index (Phi) is 27.8. The molecule has 3 heteroatoms. The molecule has 0 heterocycles. The van der Waals surface area contributed by atoms with Crippen molar-refractivity contribution in [2.24, 2.45) is 11.7 Å². The zero-order valence-corrected chi connectivity index (χ0v) is 24.0. The molecule has 34 heavy (non-hydrogen) atoms. The molecule has 0 fully saturated rings. The molecular formula is C31H63NO2. The van der Waals surface area contributed by atoms with Crippen molar-refractivity contribution in [3.63, 3.8) is 0 Å². The van der Waals surface area contributed by atoms with E-state index in [4.69, 9.17) is 10.8 Å². The van der Waals surface area contributed by atoms with Gasteiger partial charge in [0.05, 0.1) is 0 Å². The van der Waals surface area contributed by atoms with Crippen LogP contribution in [-0.2, 0) is 4.79 Å². The smallest absolute Gasteiger partial charge is 0.327 e. The summed E-state index contributed by atoms with van der Waals surface area (Å²) in [6, 6.07) is 0. The van der Waals surface area contributed by atoms with E-state index in [1.165, 1.54) is 128 Å². The lowest BCUT2D eigenvalue weighted by Crippen LogP contribution is -2.47. The third-order valence-electron chi connectivity index (χ3n) is 7.10. The third kappa shape index (κ3) is 22.9. The van der Waals surface area contributed by atoms with Crippen LogP contribution >= 0.6 is 0 Å². The lowest BCUT2D eigenvalue weighted by atomic mass is 9.72. The maximum absolute atomic E-state index is 10.1. The third-order valence-corrected chi connectivity index (χ3v) is 7.10. The molecule has 204 valence electrons. The summed E-state index contributed by atoms with van der Waals surface area (Å²) in [7, 11) is 0. The Morgan fingerprint density at radius 3 is 1.62 bits per heavy atom. The van der Waals surface area contributed by atoms with Crippen molar-refractivity contribution >= 4 is 5.97 Å². The molecule has 0 spiro atoms. The molecule has 0 rings (SSSR count). The van der Waals surface area contributed by atoms with E-state index in [-0.39, 0.29) is 5.54 Å². The molecule has 0 aromatic carbocycles. The van der Waals surface area contributed by atoms with E-state index in [0.29, 0.717) is 0 Å². The summed E-state index contributed by atoms with van der Waals surface area (Å²) in [5, 5.41) is 8.30. The quantitative estimate of drug-likeness (QED) is 0.113. The Bertz CT molecular complexity index is 439. The standard InChI is InChI=1S/C20H43N.C11H20O2/c1-5-9-13-14-16-19(15-10-6-2)20(21,17-11-7-3)18-12-8-4;1-2-3-4-5-6-7-8-9-10-11(12)13/h19H,5-18,21H2,1-4H3;9-10H,2-8H2,1H3,(H,12,13). The second-order valence-electron chi connectivity index (χ2n) is 10.4. The average molecular weight is 482 g/mol. The number of rotatable bonds is 23. The molecule has 0 radical (unpaired) electrons. The Hall–Kier alpha value is -0.830. The maximum Gasteiger partial charge on any atom is 0.327 e. The van der Waals surface area contributed by atoms with Crippen LogP contribution in [0.15, 0.2) is 12.2 Å². The maximum atomic E-state index is 10.1. The fraction of sp³-hybridized carbons (Fsp3) is 0.903. The summed E-state index contributed by atoms with van der Waals surface area (Å²) in [6.07, 6.45) is 30.0. The van der Waals surface area contributed by atoms with E-state index < -0.39 is 5.97 Å². The fourth-order valence-corrected chi connectivity index (χ4v) is 4.76. The first-order valence-corrected chi connectivity index (χ1v) is 15.1. The monoisotopic (exact) mass is 481 g/mol. The van der Waals surface area contributed by atoms with Gasteiger partial charge in [0.1, 0.15) is 0 Å². The zero-order chi connectivity index (χ0) is 25.9. The van der Waals surface area contributed by atoms with E-state index in [0.717, 1.165) is 18.8 Å². The summed E-state index contributed by atoms with van der Waals surface area (Å²) in [6.45, 7) is 11.4. The van der Waals surface area contributed by atoms with Crippen LogP contribution < -0.4 is 5.73 Å². The van der Waals surface area contributed by atoms with Crippen LogP contribution in [0.5, 0.6) is 0 Å². The van der Waals surface area contributed by atoms with Gasteiger partial charge in [-0.15, -0.1) is 0 Å². The molecule has 1 atom stereocenters. The number of hydrogen-bond acceptors (Lipinski definition) is 2. The van der Waals surface area contributed by atoms with Crippen LogP contribution in [-0.4, -0.2) is 16.6 Å². The molecule has 0 aliphatic heterocycles. The van der Waals surface area contributed by atoms with Gasteiger partial charge in [0.2, 0.25) is 0 Å². The number of aliphatic carboxylic acids is 1. The number of carboxylic acids is 1. The minimum absolute atomic E-state index is 0.118. The van der Waals surface area contributed by atoms with Crippen LogP contribution in [0.4, 0.5) is 0 Å². The number of hydrogen-bond donors (Lipinski definition) is 2. The largest absolute Gasteiger partial charge is 0.478 e. The highest BCUT2D eigenvalue weighted by Gasteiger charge is 2.32. The van der Waals surface area contributed by atoms with Gasteiger partial charge in [-0.25, -0.2) is 4.79 Å². The Balaban J connectivity index is 0. The highest BCUT2D eigenvalue weighted by Crippen LogP contribution is 2.34. The predicted molar refractivity (Wildman–Crippen MR) is 153 cm³/mol. The van der Waals surface area contributed by atoms with E-state index in [1.807, 2.05) is 0 Å². The second kappa shape index (κ2) is 26.8. The first kappa shape index (κ1) is 35.3. The molecule has 3 N–H and O–H groups in total. The minimum atomic E-state index is -0.842. The molecule has 0 bridgehead atoms. The molecule has 0 amide bonds. The van der Waals surface area contributed by atoms with E-state index in [1.54, 1.807) is 6.08 Å². The minimum Gasteiger partial charge on any atom is -0.478 e. The van der Waals surface area contributed by atoms with Gasteiger partial charge in [-0.3, -0.25) is 0 Å². The molecule has 1 unspecified atom stereocenters. The summed E-state index contributed by atoms with van der Waals surface area (Å²) < 4.78 is 0. The highest BCUT2D eigenvalue weighted by atomic mass is 16.4. The molecule has 3 nitrogen and oxygen atoms in total. The Morgan fingerprint density at radius 1 is 0.676 bits per heavy atom. The summed E-state index contributed by atoms with van der Waals surface area (Å²) >= 11 is 0. The molecule has 0 aromatic rings. The summed E-state index contributed by atoms with van der Waals surface area (Å²) in [4.78, 5) is 10.1. The lowest BCUT2D eigenvalue weighted by Gasteiger charge is -2.38. The molecule has 0 aliphatic carbocycles. The summed E-state index contributed by atoms with van der Waals surface area (Å²) in [5.41, 5.74) is 7.09. The molecule has 0 saturated carbocycles. The van der Waals surface area contributed by atoms with Gasteiger partial charge in [-0.2, -0.15) is 0 Å². The summed E-state index contributed by atoms with van der Waals surface area (Å²) in [5.74, 6) is -0.0848. The van der Waals surface area contributed by atoms with Gasteiger partial charge in [-0.1, -0.05) is 137 Å². The van der Waals surface area contributed by atoms with Crippen LogP contribution in [0.3, 0.4) is 0 Å². The normalized spacial score (nSPS) is 12.5. The molecule has 0 aromatic heterocycles. The van der Waals surface area contributed by atoms with Crippen molar-refractivity contribution in [2.75, 3.05) is 0 Å². The lowest BCUT2D eigenvalue weighted by molar-refractivity contribution is -0.131. The SMILES string of the molecule is CCCCCCC(CCCC)C(N)(CCCC)CCCC.CCCCCCCCC=CC(=O)O. The highest BCUT2D eigenvalue weighted by molar-refractivity contribution is 5.79. The van der Waals surface area contributed by atoms with Gasteiger partial charge in [0.25, 0.3) is 0 Å². The second-order valence-corrected chi connectivity index (χ2v) is 10.4. The Labute approximate surface area is 214 Å². The van der Waals surface area contributed by atoms with Crippen LogP contribution in [0.2, 0.25) is 0 Å². The topological polar surface area (TPSA) is 63.3 Å². The first-order valence-electron chi connectivity index (χ1n) is 15.1. The van der Waals surface area contributed by atoms with Crippen molar-refractivity contribution in [2.45, 2.75) is 175 Å². The van der Waals surface area contributed by atoms with Gasteiger partial charge < -0.3 is 10.8 Å². The Morgan fingerprint density at radius 2 is 1.12 bits per heavy atom. The van der Waals surface area contributed by atoms with Crippen molar-refractivity contribution in [3.05, 3.63) is 12.2 Å². The van der Waals surface area contributed by atoms with E-state index in [2.05, 4.69) is 34.6 Å². The fourth-order valence-electron chi connectivity index (χ4n) is 4.76. The number of carboxylic acid groups (broad SMARTS) is 1.